The summed E-state index contributed by atoms with van der Waals surface area (Å²) in [4.78, 5) is 0.831. The summed E-state index contributed by atoms with van der Waals surface area (Å²) in [6.07, 6.45) is 0.923. The van der Waals surface area contributed by atoms with Crippen LogP contribution in [0.4, 0.5) is 0 Å². The molecule has 0 bridgehead atoms. The number of hydrogen-bond donors (Lipinski definition) is 2. The van der Waals surface area contributed by atoms with Crippen LogP contribution in [-0.4, -0.2) is 19.4 Å². The van der Waals surface area contributed by atoms with Crippen molar-refractivity contribution in [2.24, 2.45) is 11.7 Å². The molecule has 0 spiro atoms. The van der Waals surface area contributed by atoms with E-state index in [-0.39, 0.29) is 21.2 Å². The molecule has 102 valence electrons. The average Bonchev–Trinajstić information content (AvgIpc) is 2.77. The van der Waals surface area contributed by atoms with Gasteiger partial charge < -0.3 is 5.73 Å². The van der Waals surface area contributed by atoms with Crippen molar-refractivity contribution in [3.8, 4) is 0 Å². The molecule has 18 heavy (non-hydrogen) atoms. The third-order valence-electron chi connectivity index (χ3n) is 2.93. The van der Waals surface area contributed by atoms with E-state index in [0.717, 1.165) is 17.8 Å². The maximum absolute atomic E-state index is 12.1. The van der Waals surface area contributed by atoms with Gasteiger partial charge in [-0.15, -0.1) is 11.3 Å². The lowest BCUT2D eigenvalue weighted by atomic mass is 10.0. The summed E-state index contributed by atoms with van der Waals surface area (Å²) in [7, 11) is -3.47. The van der Waals surface area contributed by atoms with E-state index in [2.05, 4.69) is 4.72 Å². The fraction of sp³-hybridized carbons (Fsp3) is 0.545. The van der Waals surface area contributed by atoms with Crippen LogP contribution in [0.1, 0.15) is 32.1 Å². The van der Waals surface area contributed by atoms with Gasteiger partial charge in [0.25, 0.3) is 0 Å². The van der Waals surface area contributed by atoms with Crippen LogP contribution in [0, 0.1) is 5.92 Å². The van der Waals surface area contributed by atoms with E-state index in [4.69, 9.17) is 18.0 Å². The Labute approximate surface area is 118 Å². The molecule has 0 aromatic carbocycles. The molecular formula is C11H18N2O2S3. The van der Waals surface area contributed by atoms with E-state index in [1.165, 1.54) is 6.07 Å². The van der Waals surface area contributed by atoms with Crippen LogP contribution in [0.5, 0.6) is 0 Å². The fourth-order valence-electron chi connectivity index (χ4n) is 1.37. The van der Waals surface area contributed by atoms with Gasteiger partial charge in [-0.2, -0.15) is 0 Å². The zero-order valence-electron chi connectivity index (χ0n) is 10.6. The summed E-state index contributed by atoms with van der Waals surface area (Å²) in [6, 6.07) is 3.07. The summed E-state index contributed by atoms with van der Waals surface area (Å²) in [5.74, 6) is 0.287. The molecule has 0 aliphatic rings. The Morgan fingerprint density at radius 2 is 2.11 bits per heavy atom. The van der Waals surface area contributed by atoms with Gasteiger partial charge in [0, 0.05) is 6.04 Å². The van der Waals surface area contributed by atoms with Crippen LogP contribution < -0.4 is 10.5 Å². The molecule has 0 saturated heterocycles. The van der Waals surface area contributed by atoms with Gasteiger partial charge in [0.2, 0.25) is 10.0 Å². The highest BCUT2D eigenvalue weighted by molar-refractivity contribution is 7.91. The van der Waals surface area contributed by atoms with Crippen molar-refractivity contribution in [3.63, 3.8) is 0 Å². The SMILES string of the molecule is CCC(C)C(C)NS(=O)(=O)c1ccc(C(N)=S)s1. The fourth-order valence-corrected chi connectivity index (χ4v) is 4.09. The second kappa shape index (κ2) is 6.10. The minimum absolute atomic E-state index is 0.102. The highest BCUT2D eigenvalue weighted by Crippen LogP contribution is 2.22. The van der Waals surface area contributed by atoms with E-state index in [9.17, 15) is 8.42 Å². The Bertz CT molecular complexity index is 522. The molecule has 1 aromatic rings. The Balaban J connectivity index is 2.89. The van der Waals surface area contributed by atoms with Gasteiger partial charge in [-0.05, 0) is 25.0 Å². The summed E-state index contributed by atoms with van der Waals surface area (Å²) in [6.45, 7) is 5.92. The van der Waals surface area contributed by atoms with Gasteiger partial charge in [-0.25, -0.2) is 13.1 Å². The van der Waals surface area contributed by atoms with E-state index in [0.29, 0.717) is 4.88 Å². The first-order valence-electron chi connectivity index (χ1n) is 5.70. The van der Waals surface area contributed by atoms with Gasteiger partial charge in [0.1, 0.15) is 9.20 Å². The lowest BCUT2D eigenvalue weighted by molar-refractivity contribution is 0.434. The van der Waals surface area contributed by atoms with Crippen molar-refractivity contribution in [1.29, 1.82) is 0 Å². The first-order valence-corrected chi connectivity index (χ1v) is 8.40. The lowest BCUT2D eigenvalue weighted by Gasteiger charge is -2.19. The molecule has 0 aliphatic heterocycles. The van der Waals surface area contributed by atoms with Crippen LogP contribution in [0.2, 0.25) is 0 Å². The molecular weight excluding hydrogens is 288 g/mol. The molecule has 1 aromatic heterocycles. The van der Waals surface area contributed by atoms with Crippen LogP contribution in [-0.2, 0) is 10.0 Å². The van der Waals surface area contributed by atoms with Crippen molar-refractivity contribution < 1.29 is 8.42 Å². The molecule has 0 fully saturated rings. The second-order valence-corrected chi connectivity index (χ2v) is 7.74. The Morgan fingerprint density at radius 1 is 1.50 bits per heavy atom. The molecule has 3 N–H and O–H groups in total. The first-order chi connectivity index (χ1) is 8.27. The highest BCUT2D eigenvalue weighted by atomic mass is 32.2. The van der Waals surface area contributed by atoms with Crippen molar-refractivity contribution in [2.45, 2.75) is 37.4 Å². The zero-order chi connectivity index (χ0) is 13.9. The molecule has 0 amide bonds. The van der Waals surface area contributed by atoms with Crippen LogP contribution in [0.3, 0.4) is 0 Å². The van der Waals surface area contributed by atoms with Gasteiger partial charge in [-0.3, -0.25) is 0 Å². The predicted octanol–water partition coefficient (Wildman–Crippen LogP) is 2.10. The largest absolute Gasteiger partial charge is 0.389 e. The van der Waals surface area contributed by atoms with Gasteiger partial charge in [0.15, 0.2) is 0 Å². The standard InChI is InChI=1S/C11H18N2O2S3/c1-4-7(2)8(3)13-18(14,15)10-6-5-9(17-10)11(12)16/h5-8,13H,4H2,1-3H3,(H2,12,16). The molecule has 1 rings (SSSR count). The van der Waals surface area contributed by atoms with Crippen molar-refractivity contribution in [3.05, 3.63) is 17.0 Å². The number of thiocarbonyl (C=S) groups is 1. The summed E-state index contributed by atoms with van der Waals surface area (Å²) < 4.78 is 27.2. The summed E-state index contributed by atoms with van der Waals surface area (Å²) in [5, 5.41) is 0. The third-order valence-corrected chi connectivity index (χ3v) is 6.45. The maximum Gasteiger partial charge on any atom is 0.250 e. The maximum atomic E-state index is 12.1. The number of nitrogens with two attached hydrogens (primary N) is 1. The summed E-state index contributed by atoms with van der Waals surface area (Å²) >= 11 is 5.91. The number of nitrogens with one attached hydrogen (secondary N) is 1. The average molecular weight is 306 g/mol. The number of hydrogen-bond acceptors (Lipinski definition) is 4. The van der Waals surface area contributed by atoms with Crippen molar-refractivity contribution >= 4 is 38.6 Å². The number of thiophene rings is 1. The molecule has 7 heteroatoms. The lowest BCUT2D eigenvalue weighted by Crippen LogP contribution is -2.36. The Hall–Kier alpha value is -0.500. The molecule has 2 unspecified atom stereocenters. The topological polar surface area (TPSA) is 72.2 Å². The monoisotopic (exact) mass is 306 g/mol. The molecule has 1 heterocycles. The molecule has 4 nitrogen and oxygen atoms in total. The molecule has 2 atom stereocenters. The van der Waals surface area contributed by atoms with Gasteiger partial charge in [-0.1, -0.05) is 32.5 Å². The van der Waals surface area contributed by atoms with Crippen molar-refractivity contribution in [1.82, 2.24) is 4.72 Å². The van der Waals surface area contributed by atoms with Crippen LogP contribution in [0.15, 0.2) is 16.3 Å². The van der Waals surface area contributed by atoms with Gasteiger partial charge in [0.05, 0.1) is 4.88 Å². The Morgan fingerprint density at radius 3 is 2.56 bits per heavy atom. The summed E-state index contributed by atoms with van der Waals surface area (Å²) in [5.41, 5.74) is 5.47. The van der Waals surface area contributed by atoms with Gasteiger partial charge >= 0.3 is 0 Å². The van der Waals surface area contributed by atoms with E-state index >= 15 is 0 Å². The van der Waals surface area contributed by atoms with Crippen molar-refractivity contribution in [2.75, 3.05) is 0 Å². The highest BCUT2D eigenvalue weighted by Gasteiger charge is 2.22. The normalized spacial score (nSPS) is 15.3. The predicted molar refractivity (Wildman–Crippen MR) is 79.4 cm³/mol. The smallest absolute Gasteiger partial charge is 0.250 e. The van der Waals surface area contributed by atoms with Crippen LogP contribution in [0.25, 0.3) is 0 Å². The minimum Gasteiger partial charge on any atom is -0.389 e. The Kier molecular flexibility index (Phi) is 5.27. The second-order valence-electron chi connectivity index (χ2n) is 4.28. The molecule has 0 radical (unpaired) electrons. The molecule has 0 saturated carbocycles. The zero-order valence-corrected chi connectivity index (χ0v) is 13.1. The first kappa shape index (κ1) is 15.6. The molecule has 0 aliphatic carbocycles. The third kappa shape index (κ3) is 3.74. The van der Waals surface area contributed by atoms with E-state index < -0.39 is 10.0 Å². The van der Waals surface area contributed by atoms with E-state index in [1.54, 1.807) is 6.07 Å². The number of sulfonamides is 1. The van der Waals surface area contributed by atoms with Crippen LogP contribution >= 0.6 is 23.6 Å². The van der Waals surface area contributed by atoms with E-state index in [1.807, 2.05) is 20.8 Å². The number of rotatable bonds is 6. The minimum atomic E-state index is -3.47. The quantitative estimate of drug-likeness (QED) is 0.790.